The summed E-state index contributed by atoms with van der Waals surface area (Å²) >= 11 is 3.36. The zero-order chi connectivity index (χ0) is 11.0. The minimum atomic E-state index is -0.351. The normalized spacial score (nSPS) is 10.6. The molecule has 1 heterocycles. The summed E-state index contributed by atoms with van der Waals surface area (Å²) < 4.78 is 10.9. The number of esters is 1. The molecule has 1 aromatic carbocycles. The van der Waals surface area contributed by atoms with Crippen LogP contribution >= 0.6 is 15.9 Å². The number of carbonyl (C=O) groups is 1. The third-order valence-corrected chi connectivity index (χ3v) is 2.70. The quantitative estimate of drug-likeness (QED) is 0.746. The first kappa shape index (κ1) is 10.2. The lowest BCUT2D eigenvalue weighted by molar-refractivity contribution is 0.0601. The molecule has 0 bridgehead atoms. The molecule has 0 spiro atoms. The number of aryl methyl sites for hydroxylation is 1. The topological polar surface area (TPSA) is 39.4 Å². The van der Waals surface area contributed by atoms with E-state index in [-0.39, 0.29) is 5.97 Å². The molecule has 0 N–H and O–H groups in total. The molecule has 0 radical (unpaired) electrons. The number of ether oxygens (including phenoxy) is 1. The Morgan fingerprint density at radius 3 is 2.80 bits per heavy atom. The van der Waals surface area contributed by atoms with E-state index in [2.05, 4.69) is 20.7 Å². The molecule has 2 rings (SSSR count). The maximum Gasteiger partial charge on any atom is 0.337 e. The summed E-state index contributed by atoms with van der Waals surface area (Å²) in [6.45, 7) is 1.87. The van der Waals surface area contributed by atoms with E-state index < -0.39 is 0 Å². The van der Waals surface area contributed by atoms with Crippen molar-refractivity contribution >= 4 is 32.9 Å². The fourth-order valence-corrected chi connectivity index (χ4v) is 2.03. The molecule has 78 valence electrons. The summed E-state index contributed by atoms with van der Waals surface area (Å²) in [6.07, 6.45) is 0. The Morgan fingerprint density at radius 2 is 2.13 bits per heavy atom. The van der Waals surface area contributed by atoms with Crippen LogP contribution in [-0.4, -0.2) is 13.1 Å². The van der Waals surface area contributed by atoms with Gasteiger partial charge < -0.3 is 9.15 Å². The van der Waals surface area contributed by atoms with Crippen molar-refractivity contribution in [3.63, 3.8) is 0 Å². The van der Waals surface area contributed by atoms with Gasteiger partial charge in [-0.3, -0.25) is 0 Å². The summed E-state index contributed by atoms with van der Waals surface area (Å²) in [5.41, 5.74) is 1.26. The molecule has 0 aliphatic carbocycles. The molecule has 0 saturated heterocycles. The summed E-state index contributed by atoms with van der Waals surface area (Å²) in [5, 5.41) is 0.891. The molecule has 0 fully saturated rings. The van der Waals surface area contributed by atoms with Crippen molar-refractivity contribution in [1.29, 1.82) is 0 Å². The first-order valence-electron chi connectivity index (χ1n) is 4.40. The number of furan rings is 1. The highest BCUT2D eigenvalue weighted by Crippen LogP contribution is 2.28. The summed E-state index contributed by atoms with van der Waals surface area (Å²) in [5.74, 6) is 0.462. The molecule has 3 nitrogen and oxygen atoms in total. The van der Waals surface area contributed by atoms with E-state index in [1.54, 1.807) is 12.1 Å². The van der Waals surface area contributed by atoms with E-state index in [1.807, 2.05) is 13.0 Å². The zero-order valence-electron chi connectivity index (χ0n) is 8.33. The molecule has 0 unspecified atom stereocenters. The van der Waals surface area contributed by atoms with Gasteiger partial charge in [0.15, 0.2) is 0 Å². The smallest absolute Gasteiger partial charge is 0.337 e. The first-order valence-corrected chi connectivity index (χ1v) is 5.19. The molecule has 4 heteroatoms. The molecule has 0 aliphatic rings. The van der Waals surface area contributed by atoms with Gasteiger partial charge in [-0.1, -0.05) is 0 Å². The van der Waals surface area contributed by atoms with E-state index >= 15 is 0 Å². The number of carbonyl (C=O) groups excluding carboxylic acids is 1. The minimum Gasteiger partial charge on any atom is -0.465 e. The van der Waals surface area contributed by atoms with Gasteiger partial charge in [0.25, 0.3) is 0 Å². The third-order valence-electron chi connectivity index (χ3n) is 2.12. The number of fused-ring (bicyclic) bond motifs is 1. The van der Waals surface area contributed by atoms with Crippen LogP contribution in [0.3, 0.4) is 0 Å². The van der Waals surface area contributed by atoms with E-state index in [0.717, 1.165) is 21.2 Å². The largest absolute Gasteiger partial charge is 0.465 e. The van der Waals surface area contributed by atoms with Crippen molar-refractivity contribution < 1.29 is 13.9 Å². The number of hydrogen-bond acceptors (Lipinski definition) is 3. The highest BCUT2D eigenvalue weighted by molar-refractivity contribution is 9.10. The Labute approximate surface area is 95.1 Å². The Hall–Kier alpha value is -1.29. The van der Waals surface area contributed by atoms with Gasteiger partial charge in [-0.2, -0.15) is 0 Å². The van der Waals surface area contributed by atoms with Crippen LogP contribution in [0.25, 0.3) is 11.0 Å². The number of rotatable bonds is 1. The maximum atomic E-state index is 11.3. The van der Waals surface area contributed by atoms with Crippen LogP contribution in [-0.2, 0) is 4.74 Å². The summed E-state index contributed by atoms with van der Waals surface area (Å²) in [6, 6.07) is 5.33. The van der Waals surface area contributed by atoms with Crippen LogP contribution in [0.15, 0.2) is 27.1 Å². The Bertz CT molecular complexity index is 528. The number of benzene rings is 1. The lowest BCUT2D eigenvalue weighted by Gasteiger charge is -2.00. The van der Waals surface area contributed by atoms with Crippen LogP contribution < -0.4 is 0 Å². The summed E-state index contributed by atoms with van der Waals surface area (Å²) in [4.78, 5) is 11.3. The van der Waals surface area contributed by atoms with E-state index in [0.29, 0.717) is 5.56 Å². The van der Waals surface area contributed by atoms with Crippen LogP contribution in [0, 0.1) is 6.92 Å². The molecule has 15 heavy (non-hydrogen) atoms. The highest BCUT2D eigenvalue weighted by Gasteiger charge is 2.11. The predicted molar refractivity (Wildman–Crippen MR) is 60.0 cm³/mol. The van der Waals surface area contributed by atoms with Crippen molar-refractivity contribution in [2.24, 2.45) is 0 Å². The van der Waals surface area contributed by atoms with Crippen molar-refractivity contribution in [2.75, 3.05) is 7.11 Å². The Kier molecular flexibility index (Phi) is 2.52. The van der Waals surface area contributed by atoms with Crippen molar-refractivity contribution in [2.45, 2.75) is 6.92 Å². The second-order valence-electron chi connectivity index (χ2n) is 3.23. The van der Waals surface area contributed by atoms with Gasteiger partial charge in [0.2, 0.25) is 0 Å². The molecular formula is C11H9BrO3. The fourth-order valence-electron chi connectivity index (χ4n) is 1.47. The van der Waals surface area contributed by atoms with Crippen molar-refractivity contribution in [1.82, 2.24) is 0 Å². The van der Waals surface area contributed by atoms with Gasteiger partial charge in [-0.25, -0.2) is 4.79 Å². The average Bonchev–Trinajstić information content (AvgIpc) is 2.58. The monoisotopic (exact) mass is 268 g/mol. The molecule has 0 saturated carbocycles. The van der Waals surface area contributed by atoms with Crippen LogP contribution in [0.4, 0.5) is 0 Å². The molecule has 0 atom stereocenters. The molecular weight excluding hydrogens is 260 g/mol. The number of hydrogen-bond donors (Lipinski definition) is 0. The predicted octanol–water partition coefficient (Wildman–Crippen LogP) is 3.29. The molecule has 1 aromatic heterocycles. The Morgan fingerprint density at radius 1 is 1.40 bits per heavy atom. The van der Waals surface area contributed by atoms with Gasteiger partial charge in [-0.05, 0) is 41.1 Å². The van der Waals surface area contributed by atoms with Gasteiger partial charge >= 0.3 is 5.97 Å². The SMILES string of the molecule is COC(=O)c1cc(Br)c2oc(C)cc2c1. The second-order valence-corrected chi connectivity index (χ2v) is 4.08. The van der Waals surface area contributed by atoms with Gasteiger partial charge in [0.1, 0.15) is 11.3 Å². The van der Waals surface area contributed by atoms with Gasteiger partial charge in [0.05, 0.1) is 17.1 Å². The average molecular weight is 269 g/mol. The van der Waals surface area contributed by atoms with Crippen LogP contribution in [0.2, 0.25) is 0 Å². The third kappa shape index (κ3) is 1.77. The van der Waals surface area contributed by atoms with E-state index in [4.69, 9.17) is 4.42 Å². The molecule has 0 aliphatic heterocycles. The maximum absolute atomic E-state index is 11.3. The second kappa shape index (κ2) is 3.70. The number of halogens is 1. The zero-order valence-corrected chi connectivity index (χ0v) is 9.92. The number of methoxy groups -OCH3 is 1. The molecule has 2 aromatic rings. The Balaban J connectivity index is 2.66. The minimum absolute atomic E-state index is 0.351. The van der Waals surface area contributed by atoms with Crippen LogP contribution in [0.5, 0.6) is 0 Å². The van der Waals surface area contributed by atoms with Crippen LogP contribution in [0.1, 0.15) is 16.1 Å². The van der Waals surface area contributed by atoms with E-state index in [1.165, 1.54) is 7.11 Å². The van der Waals surface area contributed by atoms with Crippen molar-refractivity contribution in [3.8, 4) is 0 Å². The summed E-state index contributed by atoms with van der Waals surface area (Å²) in [7, 11) is 1.36. The lowest BCUT2D eigenvalue weighted by atomic mass is 10.1. The highest BCUT2D eigenvalue weighted by atomic mass is 79.9. The first-order chi connectivity index (χ1) is 7.11. The van der Waals surface area contributed by atoms with E-state index in [9.17, 15) is 4.79 Å². The standard InChI is InChI=1S/C11H9BrO3/c1-6-3-7-4-8(11(13)14-2)5-9(12)10(7)15-6/h3-5H,1-2H3. The molecule has 0 amide bonds. The van der Waals surface area contributed by atoms with Gasteiger partial charge in [-0.15, -0.1) is 0 Å². The van der Waals surface area contributed by atoms with Crippen molar-refractivity contribution in [3.05, 3.63) is 34.0 Å². The van der Waals surface area contributed by atoms with Gasteiger partial charge in [0, 0.05) is 5.39 Å². The fraction of sp³-hybridized carbons (Fsp3) is 0.182. The lowest BCUT2D eigenvalue weighted by Crippen LogP contribution is -2.00.